The fraction of sp³-hybridized carbons (Fsp3) is 0.333. The molecule has 0 bridgehead atoms. The molecule has 88 valence electrons. The summed E-state index contributed by atoms with van der Waals surface area (Å²) in [7, 11) is 0. The van der Waals surface area contributed by atoms with Crippen molar-refractivity contribution in [2.75, 3.05) is 5.73 Å². The van der Waals surface area contributed by atoms with Gasteiger partial charge < -0.3 is 10.3 Å². The Bertz CT molecular complexity index is 548. The average Bonchev–Trinajstić information content (AvgIpc) is 2.69. The van der Waals surface area contributed by atoms with Crippen LogP contribution in [0.2, 0.25) is 0 Å². The van der Waals surface area contributed by atoms with E-state index < -0.39 is 0 Å². The van der Waals surface area contributed by atoms with Gasteiger partial charge in [0.1, 0.15) is 0 Å². The van der Waals surface area contributed by atoms with Gasteiger partial charge in [0.2, 0.25) is 0 Å². The van der Waals surface area contributed by atoms with Crippen LogP contribution in [0.3, 0.4) is 0 Å². The van der Waals surface area contributed by atoms with Crippen LogP contribution in [-0.4, -0.2) is 10.1 Å². The Hall–Kier alpha value is -1.36. The Morgan fingerprint density at radius 1 is 1.35 bits per heavy atom. The van der Waals surface area contributed by atoms with Gasteiger partial charge in [-0.25, -0.2) is 0 Å². The van der Waals surface area contributed by atoms with Crippen molar-refractivity contribution in [3.63, 3.8) is 0 Å². The molecule has 4 nitrogen and oxygen atoms in total. The Kier molecular flexibility index (Phi) is 2.63. The molecule has 1 aromatic heterocycles. The van der Waals surface area contributed by atoms with Crippen molar-refractivity contribution in [2.24, 2.45) is 0 Å². The van der Waals surface area contributed by atoms with E-state index in [0.717, 1.165) is 15.9 Å². The van der Waals surface area contributed by atoms with E-state index in [1.807, 2.05) is 18.2 Å². The molecule has 0 atom stereocenters. The van der Waals surface area contributed by atoms with Crippen LogP contribution in [0.4, 0.5) is 5.69 Å². The predicted octanol–water partition coefficient (Wildman–Crippen LogP) is 3.35. The summed E-state index contributed by atoms with van der Waals surface area (Å²) in [5.74, 6) is 1.89. The van der Waals surface area contributed by atoms with E-state index in [2.05, 4.69) is 26.1 Å². The predicted molar refractivity (Wildman–Crippen MR) is 68.4 cm³/mol. The van der Waals surface area contributed by atoms with Gasteiger partial charge >= 0.3 is 0 Å². The highest BCUT2D eigenvalue weighted by molar-refractivity contribution is 9.10. The van der Waals surface area contributed by atoms with Crippen molar-refractivity contribution in [3.05, 3.63) is 28.5 Å². The average molecular weight is 294 g/mol. The summed E-state index contributed by atoms with van der Waals surface area (Å²) < 4.78 is 6.13. The second-order valence-corrected chi connectivity index (χ2v) is 5.18. The third-order valence-electron chi connectivity index (χ3n) is 3.16. The van der Waals surface area contributed by atoms with Crippen molar-refractivity contribution >= 4 is 21.6 Å². The molecule has 1 aromatic carbocycles. The summed E-state index contributed by atoms with van der Waals surface area (Å²) in [4.78, 5) is 4.43. The summed E-state index contributed by atoms with van der Waals surface area (Å²) in [6, 6.07) is 5.61. The maximum atomic E-state index is 5.74. The highest BCUT2D eigenvalue weighted by atomic mass is 79.9. The molecule has 0 unspecified atom stereocenters. The Morgan fingerprint density at radius 3 is 2.82 bits per heavy atom. The first-order chi connectivity index (χ1) is 8.24. The van der Waals surface area contributed by atoms with Crippen molar-refractivity contribution < 1.29 is 4.52 Å². The molecule has 0 radical (unpaired) electrons. The van der Waals surface area contributed by atoms with E-state index in [4.69, 9.17) is 10.3 Å². The van der Waals surface area contributed by atoms with Gasteiger partial charge in [0.15, 0.2) is 5.82 Å². The summed E-state index contributed by atoms with van der Waals surface area (Å²) in [5, 5.41) is 4.03. The van der Waals surface area contributed by atoms with Crippen LogP contribution in [0.15, 0.2) is 27.2 Å². The zero-order chi connectivity index (χ0) is 11.8. The molecule has 17 heavy (non-hydrogen) atoms. The maximum Gasteiger partial charge on any atom is 0.257 e. The van der Waals surface area contributed by atoms with Crippen LogP contribution in [0.5, 0.6) is 0 Å². The molecule has 0 spiro atoms. The molecular formula is C12H12BrN3O. The number of aromatic nitrogens is 2. The molecule has 1 aliphatic rings. The normalized spacial score (nSPS) is 15.8. The fourth-order valence-corrected chi connectivity index (χ4v) is 2.22. The van der Waals surface area contributed by atoms with Crippen molar-refractivity contribution in [3.8, 4) is 11.5 Å². The summed E-state index contributed by atoms with van der Waals surface area (Å²) in [5.41, 5.74) is 7.33. The van der Waals surface area contributed by atoms with Gasteiger partial charge in [-0.05, 0) is 47.0 Å². The number of halogens is 1. The third-order valence-corrected chi connectivity index (χ3v) is 3.85. The first kappa shape index (κ1) is 10.8. The lowest BCUT2D eigenvalue weighted by Crippen LogP contribution is -2.10. The molecule has 0 aliphatic heterocycles. The molecule has 2 aromatic rings. The Balaban J connectivity index is 1.92. The second-order valence-electron chi connectivity index (χ2n) is 4.32. The molecular weight excluding hydrogens is 282 g/mol. The number of hydrogen-bond acceptors (Lipinski definition) is 4. The largest absolute Gasteiger partial charge is 0.398 e. The highest BCUT2D eigenvalue weighted by Gasteiger charge is 2.24. The first-order valence-corrected chi connectivity index (χ1v) is 6.42. The maximum absolute atomic E-state index is 5.74. The smallest absolute Gasteiger partial charge is 0.257 e. The van der Waals surface area contributed by atoms with Crippen molar-refractivity contribution in [1.29, 1.82) is 0 Å². The monoisotopic (exact) mass is 293 g/mol. The van der Waals surface area contributed by atoms with E-state index in [0.29, 0.717) is 17.5 Å². The molecule has 1 fully saturated rings. The van der Waals surface area contributed by atoms with Crippen LogP contribution in [0.25, 0.3) is 11.5 Å². The molecule has 2 N–H and O–H groups in total. The highest BCUT2D eigenvalue weighted by Crippen LogP contribution is 2.35. The molecule has 1 aliphatic carbocycles. The molecule has 3 rings (SSSR count). The van der Waals surface area contributed by atoms with Crippen molar-refractivity contribution in [1.82, 2.24) is 10.1 Å². The van der Waals surface area contributed by atoms with E-state index >= 15 is 0 Å². The minimum absolute atomic E-state index is 0.490. The molecule has 1 saturated carbocycles. The fourth-order valence-electron chi connectivity index (χ4n) is 1.84. The van der Waals surface area contributed by atoms with Crippen LogP contribution >= 0.6 is 15.9 Å². The van der Waals surface area contributed by atoms with Gasteiger partial charge in [0, 0.05) is 21.6 Å². The zero-order valence-electron chi connectivity index (χ0n) is 9.19. The summed E-state index contributed by atoms with van der Waals surface area (Å²) >= 11 is 3.39. The summed E-state index contributed by atoms with van der Waals surface area (Å²) in [6.45, 7) is 0. The number of hydrogen-bond donors (Lipinski definition) is 1. The Morgan fingerprint density at radius 2 is 2.18 bits per heavy atom. The SMILES string of the molecule is Nc1ccc(-c2nc(C3CCC3)no2)cc1Br. The topological polar surface area (TPSA) is 64.9 Å². The summed E-state index contributed by atoms with van der Waals surface area (Å²) in [6.07, 6.45) is 3.61. The standard InChI is InChI=1S/C12H12BrN3O/c13-9-6-8(4-5-10(9)14)12-15-11(16-17-12)7-2-1-3-7/h4-7H,1-3,14H2. The lowest BCUT2D eigenvalue weighted by Gasteiger charge is -2.20. The van der Waals surface area contributed by atoms with Gasteiger partial charge in [-0.15, -0.1) is 0 Å². The van der Waals surface area contributed by atoms with Crippen molar-refractivity contribution in [2.45, 2.75) is 25.2 Å². The number of benzene rings is 1. The van der Waals surface area contributed by atoms with Gasteiger partial charge in [0.05, 0.1) is 0 Å². The van der Waals surface area contributed by atoms with Crippen LogP contribution in [-0.2, 0) is 0 Å². The van der Waals surface area contributed by atoms with Gasteiger partial charge in [0.25, 0.3) is 5.89 Å². The first-order valence-electron chi connectivity index (χ1n) is 5.63. The number of nitrogen functional groups attached to an aromatic ring is 1. The second kappa shape index (κ2) is 4.14. The zero-order valence-corrected chi connectivity index (χ0v) is 10.8. The Labute approximate surface area is 107 Å². The van der Waals surface area contributed by atoms with E-state index in [9.17, 15) is 0 Å². The minimum Gasteiger partial charge on any atom is -0.398 e. The molecule has 1 heterocycles. The van der Waals surface area contributed by atoms with Gasteiger partial charge in [-0.2, -0.15) is 4.98 Å². The van der Waals surface area contributed by atoms with E-state index in [1.54, 1.807) is 0 Å². The van der Waals surface area contributed by atoms with Gasteiger partial charge in [-0.3, -0.25) is 0 Å². The third kappa shape index (κ3) is 1.95. The lowest BCUT2D eigenvalue weighted by molar-refractivity contribution is 0.366. The molecule has 0 amide bonds. The molecule has 0 saturated heterocycles. The lowest BCUT2D eigenvalue weighted by atomic mass is 9.85. The molecule has 5 heteroatoms. The van der Waals surface area contributed by atoms with Crippen LogP contribution < -0.4 is 5.73 Å². The minimum atomic E-state index is 0.490. The van der Waals surface area contributed by atoms with E-state index in [1.165, 1.54) is 19.3 Å². The van der Waals surface area contributed by atoms with Gasteiger partial charge in [-0.1, -0.05) is 11.6 Å². The van der Waals surface area contributed by atoms with Crippen LogP contribution in [0, 0.1) is 0 Å². The number of nitrogens with zero attached hydrogens (tertiary/aromatic N) is 2. The number of anilines is 1. The quantitative estimate of drug-likeness (QED) is 0.863. The number of rotatable bonds is 2. The number of nitrogens with two attached hydrogens (primary N) is 1. The van der Waals surface area contributed by atoms with E-state index in [-0.39, 0.29) is 0 Å². The van der Waals surface area contributed by atoms with Crippen LogP contribution in [0.1, 0.15) is 31.0 Å².